The molecule has 3 aromatic rings. The van der Waals surface area contributed by atoms with Crippen molar-refractivity contribution in [2.45, 2.75) is 107 Å². The second-order valence-electron chi connectivity index (χ2n) is 14.0. The van der Waals surface area contributed by atoms with Crippen molar-refractivity contribution in [3.63, 3.8) is 0 Å². The summed E-state index contributed by atoms with van der Waals surface area (Å²) in [6.45, 7) is 2.10. The quantitative estimate of drug-likeness (QED) is 0.317. The minimum absolute atomic E-state index is 0.103. The number of carbonyl (C=O) groups is 3. The minimum Gasteiger partial charge on any atom is -0.465 e. The Hall–Kier alpha value is -3.78. The molecular weight excluding hydrogens is 670 g/mol. The molecule has 0 radical (unpaired) electrons. The molecule has 5 atom stereocenters. The molecule has 2 saturated heterocycles. The monoisotopic (exact) mass is 711 g/mol. The summed E-state index contributed by atoms with van der Waals surface area (Å²) in [5, 5.41) is 6.01. The van der Waals surface area contributed by atoms with E-state index in [0.29, 0.717) is 43.0 Å². The molecule has 3 N–H and O–H groups in total. The van der Waals surface area contributed by atoms with Gasteiger partial charge in [-0.05, 0) is 80.8 Å². The zero-order valence-corrected chi connectivity index (χ0v) is 29.1. The largest absolute Gasteiger partial charge is 0.465 e. The SMILES string of the molecule is Cc1ccc2nc(O[C@@H]3C[C@H]4C(=O)N[C@]5(C(=O)NS(=O)(=O)C6CC6)C[C@H]5CCCCCCC[C@H](Nc5cccc(F)c5)C(=O)N4C3)sc2c1. The average Bonchev–Trinajstić information content (AvgIpc) is 3.95. The van der Waals surface area contributed by atoms with E-state index in [1.807, 2.05) is 25.1 Å². The normalized spacial score (nSPS) is 28.1. The van der Waals surface area contributed by atoms with Crippen molar-refractivity contribution in [2.75, 3.05) is 11.9 Å². The molecule has 0 bridgehead atoms. The molecule has 1 aromatic heterocycles. The maximum Gasteiger partial charge on any atom is 0.274 e. The van der Waals surface area contributed by atoms with Gasteiger partial charge in [-0.3, -0.25) is 19.1 Å². The van der Waals surface area contributed by atoms with Crippen molar-refractivity contribution >= 4 is 55.0 Å². The van der Waals surface area contributed by atoms with Crippen LogP contribution >= 0.6 is 11.3 Å². The van der Waals surface area contributed by atoms with Gasteiger partial charge in [-0.25, -0.2) is 17.8 Å². The molecule has 262 valence electrons. The fourth-order valence-corrected chi connectivity index (χ4v) is 9.58. The fraction of sp³-hybridized carbons (Fsp3) is 0.543. The first kappa shape index (κ1) is 33.7. The van der Waals surface area contributed by atoms with Gasteiger partial charge in [0.15, 0.2) is 0 Å². The lowest BCUT2D eigenvalue weighted by atomic mass is 10.0. The molecule has 2 aromatic carbocycles. The first-order valence-electron chi connectivity index (χ1n) is 17.3. The average molecular weight is 712 g/mol. The number of hydrogen-bond acceptors (Lipinski definition) is 9. The third-order valence-electron chi connectivity index (χ3n) is 10.2. The predicted octanol–water partition coefficient (Wildman–Crippen LogP) is 4.80. The number of aromatic nitrogens is 1. The molecule has 4 fully saturated rings. The molecule has 7 rings (SSSR count). The molecule has 4 aliphatic rings. The van der Waals surface area contributed by atoms with Gasteiger partial charge >= 0.3 is 0 Å². The minimum atomic E-state index is -3.83. The molecular formula is C35H42FN5O6S2. The third-order valence-corrected chi connectivity index (χ3v) is 12.9. The van der Waals surface area contributed by atoms with Crippen LogP contribution in [-0.4, -0.2) is 71.5 Å². The van der Waals surface area contributed by atoms with Crippen molar-refractivity contribution in [1.29, 1.82) is 0 Å². The highest BCUT2D eigenvalue weighted by atomic mass is 32.2. The number of benzene rings is 2. The number of thiazole rings is 1. The number of anilines is 1. The van der Waals surface area contributed by atoms with Gasteiger partial charge in [0.05, 0.1) is 22.0 Å². The van der Waals surface area contributed by atoms with E-state index < -0.39 is 56.6 Å². The number of halogens is 1. The number of rotatable bonds is 7. The second-order valence-corrected chi connectivity index (χ2v) is 17.0. The van der Waals surface area contributed by atoms with Crippen molar-refractivity contribution in [3.8, 4) is 5.19 Å². The lowest BCUT2D eigenvalue weighted by Gasteiger charge is -2.30. The summed E-state index contributed by atoms with van der Waals surface area (Å²) in [7, 11) is -3.83. The number of hydrogen-bond donors (Lipinski definition) is 3. The number of carbonyl (C=O) groups excluding carboxylic acids is 3. The Labute approximate surface area is 289 Å². The van der Waals surface area contributed by atoms with Crippen LogP contribution in [0.3, 0.4) is 0 Å². The van der Waals surface area contributed by atoms with Gasteiger partial charge in [-0.1, -0.05) is 55.6 Å². The van der Waals surface area contributed by atoms with E-state index in [-0.39, 0.29) is 24.8 Å². The molecule has 3 heterocycles. The first-order valence-corrected chi connectivity index (χ1v) is 19.6. The Morgan fingerprint density at radius 1 is 1.06 bits per heavy atom. The summed E-state index contributed by atoms with van der Waals surface area (Å²) in [5.74, 6) is -2.20. The number of nitrogens with zero attached hydrogens (tertiary/aromatic N) is 2. The summed E-state index contributed by atoms with van der Waals surface area (Å²) < 4.78 is 49.2. The van der Waals surface area contributed by atoms with E-state index in [2.05, 4.69) is 20.3 Å². The van der Waals surface area contributed by atoms with Crippen molar-refractivity contribution in [3.05, 3.63) is 53.8 Å². The number of amides is 3. The van der Waals surface area contributed by atoms with Gasteiger partial charge in [0.1, 0.15) is 29.5 Å². The lowest BCUT2D eigenvalue weighted by Crippen LogP contribution is -2.57. The Balaban J connectivity index is 1.17. The van der Waals surface area contributed by atoms with Crippen LogP contribution in [-0.2, 0) is 24.4 Å². The van der Waals surface area contributed by atoms with Gasteiger partial charge < -0.3 is 20.3 Å². The van der Waals surface area contributed by atoms with Gasteiger partial charge in [0.2, 0.25) is 21.8 Å². The van der Waals surface area contributed by atoms with E-state index in [0.717, 1.165) is 47.9 Å². The molecule has 2 aliphatic carbocycles. The molecule has 14 heteroatoms. The van der Waals surface area contributed by atoms with E-state index >= 15 is 0 Å². The Bertz CT molecular complexity index is 1870. The molecule has 49 heavy (non-hydrogen) atoms. The predicted molar refractivity (Wildman–Crippen MR) is 184 cm³/mol. The second kappa shape index (κ2) is 13.5. The highest BCUT2D eigenvalue weighted by Gasteiger charge is 2.62. The zero-order chi connectivity index (χ0) is 34.3. The van der Waals surface area contributed by atoms with Crippen LogP contribution in [0, 0.1) is 18.7 Å². The van der Waals surface area contributed by atoms with Crippen LogP contribution in [0.4, 0.5) is 10.1 Å². The van der Waals surface area contributed by atoms with Gasteiger partial charge in [-0.2, -0.15) is 0 Å². The Morgan fingerprint density at radius 2 is 1.84 bits per heavy atom. The highest BCUT2D eigenvalue weighted by Crippen LogP contribution is 2.48. The van der Waals surface area contributed by atoms with E-state index in [9.17, 15) is 27.2 Å². The number of fused-ring (bicyclic) bond motifs is 3. The molecule has 0 spiro atoms. The lowest BCUT2D eigenvalue weighted by molar-refractivity contribution is -0.140. The van der Waals surface area contributed by atoms with Gasteiger partial charge in [0.25, 0.3) is 11.1 Å². The van der Waals surface area contributed by atoms with Crippen molar-refractivity contribution < 1.29 is 31.9 Å². The van der Waals surface area contributed by atoms with Gasteiger partial charge in [0, 0.05) is 12.1 Å². The summed E-state index contributed by atoms with van der Waals surface area (Å²) in [5.41, 5.74) is 0.981. The maximum atomic E-state index is 14.4. The molecule has 2 aliphatic heterocycles. The van der Waals surface area contributed by atoms with Gasteiger partial charge in [-0.15, -0.1) is 0 Å². The number of ether oxygens (including phenoxy) is 1. The van der Waals surface area contributed by atoms with Crippen molar-refractivity contribution in [2.24, 2.45) is 5.92 Å². The summed E-state index contributed by atoms with van der Waals surface area (Å²) in [4.78, 5) is 48.4. The van der Waals surface area contributed by atoms with Crippen LogP contribution in [0.2, 0.25) is 0 Å². The van der Waals surface area contributed by atoms with Crippen LogP contribution in [0.25, 0.3) is 10.2 Å². The van der Waals surface area contributed by atoms with E-state index in [1.54, 1.807) is 12.1 Å². The third kappa shape index (κ3) is 7.40. The number of nitrogens with one attached hydrogen (secondary N) is 3. The molecule has 11 nitrogen and oxygen atoms in total. The topological polar surface area (TPSA) is 147 Å². The Morgan fingerprint density at radius 3 is 2.61 bits per heavy atom. The maximum absolute atomic E-state index is 14.4. The van der Waals surface area contributed by atoms with Crippen LogP contribution < -0.4 is 20.1 Å². The summed E-state index contributed by atoms with van der Waals surface area (Å²) in [6, 6.07) is 10.1. The summed E-state index contributed by atoms with van der Waals surface area (Å²) >= 11 is 1.39. The van der Waals surface area contributed by atoms with Crippen molar-refractivity contribution in [1.82, 2.24) is 19.9 Å². The van der Waals surface area contributed by atoms with Crippen LogP contribution in [0.5, 0.6) is 5.19 Å². The van der Waals surface area contributed by atoms with Crippen LogP contribution in [0.1, 0.15) is 76.2 Å². The Kier molecular flexibility index (Phi) is 9.29. The first-order chi connectivity index (χ1) is 23.5. The highest BCUT2D eigenvalue weighted by molar-refractivity contribution is 7.91. The molecule has 3 amide bonds. The van der Waals surface area contributed by atoms with Crippen LogP contribution in [0.15, 0.2) is 42.5 Å². The molecule has 0 unspecified atom stereocenters. The standard InChI is InChI=1S/C35H42FN5O6S2/c1-21-12-15-27-30(16-21)48-34(38-27)47-25-18-29-31(42)39-35(33(44)40-49(45,46)26-13-14-26)19-22(35)8-5-3-2-4-6-11-28(32(43)41(29)20-25)37-24-10-7-9-23(36)17-24/h7,9-10,12,15-17,22,25-26,28-29,37H,2-6,8,11,13-14,18-20H2,1H3,(H,39,42)(H,40,44)/t22-,25-,28+,29+,35-/m1/s1. The zero-order valence-electron chi connectivity index (χ0n) is 27.5. The molecule has 2 saturated carbocycles. The smallest absolute Gasteiger partial charge is 0.274 e. The van der Waals surface area contributed by atoms with E-state index in [1.165, 1.54) is 28.4 Å². The fourth-order valence-electron chi connectivity index (χ4n) is 7.24. The van der Waals surface area contributed by atoms with E-state index in [4.69, 9.17) is 4.74 Å². The summed E-state index contributed by atoms with van der Waals surface area (Å²) in [6.07, 6.45) is 6.41. The number of sulfonamides is 1. The number of aryl methyl sites for hydroxylation is 1.